The third-order valence-corrected chi connectivity index (χ3v) is 1.69. The van der Waals surface area contributed by atoms with Gasteiger partial charge in [-0.05, 0) is 0 Å². The lowest BCUT2D eigenvalue weighted by atomic mass is 9.82. The van der Waals surface area contributed by atoms with Crippen molar-refractivity contribution in [3.05, 3.63) is 4.91 Å². The molecule has 0 aromatic rings. The van der Waals surface area contributed by atoms with Crippen molar-refractivity contribution in [1.29, 1.82) is 5.26 Å². The highest BCUT2D eigenvalue weighted by atomic mass is 19.3. The van der Waals surface area contributed by atoms with E-state index in [9.17, 15) is 13.7 Å². The minimum Gasteiger partial charge on any atom is -0.208 e. The van der Waals surface area contributed by atoms with Crippen LogP contribution in [0.3, 0.4) is 0 Å². The van der Waals surface area contributed by atoms with Crippen molar-refractivity contribution >= 4 is 0 Å². The Labute approximate surface area is 69.3 Å². The van der Waals surface area contributed by atoms with Gasteiger partial charge in [0.15, 0.2) is 6.04 Å². The molecule has 1 unspecified atom stereocenters. The summed E-state index contributed by atoms with van der Waals surface area (Å²) >= 11 is 0. The van der Waals surface area contributed by atoms with Gasteiger partial charge < -0.3 is 0 Å². The Morgan fingerprint density at radius 3 is 2.33 bits per heavy atom. The SMILES string of the molecule is CC(C)(CC#N)C(N=O)C(F)F. The van der Waals surface area contributed by atoms with Gasteiger partial charge in [-0.1, -0.05) is 19.0 Å². The number of halogens is 2. The van der Waals surface area contributed by atoms with E-state index >= 15 is 0 Å². The first-order valence-corrected chi connectivity index (χ1v) is 3.43. The molecule has 0 saturated heterocycles. The number of alkyl halides is 2. The van der Waals surface area contributed by atoms with Crippen molar-refractivity contribution in [2.24, 2.45) is 10.6 Å². The zero-order valence-corrected chi connectivity index (χ0v) is 6.92. The lowest BCUT2D eigenvalue weighted by Crippen LogP contribution is -2.33. The number of hydrogen-bond donors (Lipinski definition) is 0. The van der Waals surface area contributed by atoms with Crippen LogP contribution in [0.25, 0.3) is 0 Å². The zero-order valence-electron chi connectivity index (χ0n) is 6.92. The molecule has 68 valence electrons. The summed E-state index contributed by atoms with van der Waals surface area (Å²) < 4.78 is 24.2. The maximum absolute atomic E-state index is 12.1. The van der Waals surface area contributed by atoms with Gasteiger partial charge in [-0.3, -0.25) is 0 Å². The van der Waals surface area contributed by atoms with Crippen LogP contribution < -0.4 is 0 Å². The van der Waals surface area contributed by atoms with E-state index in [4.69, 9.17) is 5.26 Å². The molecule has 0 fully saturated rings. The van der Waals surface area contributed by atoms with Gasteiger partial charge >= 0.3 is 0 Å². The lowest BCUT2D eigenvalue weighted by molar-refractivity contribution is 0.0606. The Bertz CT molecular complexity index is 198. The van der Waals surface area contributed by atoms with Crippen LogP contribution in [0.2, 0.25) is 0 Å². The molecule has 0 rings (SSSR count). The molecular formula is C7H10F2N2O. The molecular weight excluding hydrogens is 166 g/mol. The van der Waals surface area contributed by atoms with Crippen LogP contribution >= 0.6 is 0 Å². The minimum absolute atomic E-state index is 0.103. The van der Waals surface area contributed by atoms with E-state index < -0.39 is 17.9 Å². The third kappa shape index (κ3) is 2.53. The maximum atomic E-state index is 12.1. The fourth-order valence-corrected chi connectivity index (χ4v) is 0.838. The predicted molar refractivity (Wildman–Crippen MR) is 39.6 cm³/mol. The number of hydrogen-bond acceptors (Lipinski definition) is 3. The first-order chi connectivity index (χ1) is 5.45. The highest BCUT2D eigenvalue weighted by Crippen LogP contribution is 2.31. The van der Waals surface area contributed by atoms with Crippen LogP contribution in [-0.2, 0) is 0 Å². The largest absolute Gasteiger partial charge is 0.264 e. The number of nitrogens with zero attached hydrogens (tertiary/aromatic N) is 2. The monoisotopic (exact) mass is 176 g/mol. The molecule has 3 nitrogen and oxygen atoms in total. The summed E-state index contributed by atoms with van der Waals surface area (Å²) in [6, 6.07) is 0.146. The van der Waals surface area contributed by atoms with E-state index in [1.54, 1.807) is 6.07 Å². The van der Waals surface area contributed by atoms with Crippen molar-refractivity contribution in [3.8, 4) is 6.07 Å². The Morgan fingerprint density at radius 1 is 1.58 bits per heavy atom. The van der Waals surface area contributed by atoms with Gasteiger partial charge in [-0.15, -0.1) is 0 Å². The molecule has 0 aromatic carbocycles. The van der Waals surface area contributed by atoms with Crippen LogP contribution in [0.1, 0.15) is 20.3 Å². The van der Waals surface area contributed by atoms with E-state index in [0.29, 0.717) is 0 Å². The van der Waals surface area contributed by atoms with E-state index in [1.165, 1.54) is 13.8 Å². The fraction of sp³-hybridized carbons (Fsp3) is 0.857. The summed E-state index contributed by atoms with van der Waals surface area (Å²) in [4.78, 5) is 10.0. The molecule has 0 amide bonds. The molecule has 0 bridgehead atoms. The van der Waals surface area contributed by atoms with E-state index in [-0.39, 0.29) is 6.42 Å². The van der Waals surface area contributed by atoms with Gasteiger partial charge in [0.1, 0.15) is 0 Å². The quantitative estimate of drug-likeness (QED) is 0.617. The molecule has 0 saturated carbocycles. The van der Waals surface area contributed by atoms with Crippen molar-refractivity contribution in [2.75, 3.05) is 0 Å². The molecule has 0 aromatic heterocycles. The summed E-state index contributed by atoms with van der Waals surface area (Å²) in [5.74, 6) is 0. The highest BCUT2D eigenvalue weighted by molar-refractivity contribution is 4.92. The van der Waals surface area contributed by atoms with Crippen molar-refractivity contribution in [2.45, 2.75) is 32.7 Å². The minimum atomic E-state index is -2.80. The van der Waals surface area contributed by atoms with Crippen LogP contribution in [0.4, 0.5) is 8.78 Å². The summed E-state index contributed by atoms with van der Waals surface area (Å²) in [6.45, 7) is 2.85. The van der Waals surface area contributed by atoms with Gasteiger partial charge in [0.2, 0.25) is 0 Å². The van der Waals surface area contributed by atoms with E-state index in [2.05, 4.69) is 5.18 Å². The summed E-state index contributed by atoms with van der Waals surface area (Å²) in [7, 11) is 0. The lowest BCUT2D eigenvalue weighted by Gasteiger charge is -2.25. The van der Waals surface area contributed by atoms with Crippen LogP contribution in [-0.4, -0.2) is 12.5 Å². The Kier molecular flexibility index (Phi) is 3.74. The van der Waals surface area contributed by atoms with Gasteiger partial charge in [0.05, 0.1) is 6.07 Å². The van der Waals surface area contributed by atoms with Crippen molar-refractivity contribution in [3.63, 3.8) is 0 Å². The zero-order chi connectivity index (χ0) is 9.78. The standard InChI is InChI=1S/C7H10F2N2O/c1-7(2,3-4-10)5(11-12)6(8)9/h5-6H,3H2,1-2H3. The number of rotatable bonds is 4. The highest BCUT2D eigenvalue weighted by Gasteiger charge is 2.37. The molecule has 0 aliphatic carbocycles. The van der Waals surface area contributed by atoms with E-state index in [0.717, 1.165) is 0 Å². The molecule has 12 heavy (non-hydrogen) atoms. The molecule has 1 atom stereocenters. The average Bonchev–Trinajstić information content (AvgIpc) is 1.86. The molecule has 0 aliphatic heterocycles. The maximum Gasteiger partial charge on any atom is 0.264 e. The molecule has 0 spiro atoms. The van der Waals surface area contributed by atoms with Gasteiger partial charge in [-0.25, -0.2) is 8.78 Å². The summed E-state index contributed by atoms with van der Waals surface area (Å²) in [5.41, 5.74) is -1.05. The third-order valence-electron chi connectivity index (χ3n) is 1.69. The van der Waals surface area contributed by atoms with Crippen LogP contribution in [0.15, 0.2) is 5.18 Å². The smallest absolute Gasteiger partial charge is 0.208 e. The second kappa shape index (κ2) is 4.10. The Balaban J connectivity index is 4.49. The molecule has 0 heterocycles. The van der Waals surface area contributed by atoms with Crippen molar-refractivity contribution < 1.29 is 8.78 Å². The fourth-order valence-electron chi connectivity index (χ4n) is 0.838. The van der Waals surface area contributed by atoms with Crippen LogP contribution in [0.5, 0.6) is 0 Å². The van der Waals surface area contributed by atoms with Gasteiger partial charge in [0.25, 0.3) is 6.43 Å². The number of nitriles is 1. The number of nitroso groups, excluding NO2 is 1. The second-order valence-corrected chi connectivity index (χ2v) is 3.21. The van der Waals surface area contributed by atoms with Gasteiger partial charge in [-0.2, -0.15) is 10.2 Å². The Hall–Kier alpha value is -1.05. The molecule has 0 aliphatic rings. The first kappa shape index (κ1) is 11.0. The molecule has 5 heteroatoms. The van der Waals surface area contributed by atoms with Crippen LogP contribution in [0, 0.1) is 21.7 Å². The van der Waals surface area contributed by atoms with Gasteiger partial charge in [0, 0.05) is 11.8 Å². The average molecular weight is 176 g/mol. The summed E-state index contributed by atoms with van der Waals surface area (Å²) in [5, 5.41) is 10.6. The van der Waals surface area contributed by atoms with E-state index in [1.807, 2.05) is 0 Å². The summed E-state index contributed by atoms with van der Waals surface area (Å²) in [6.07, 6.45) is -2.90. The predicted octanol–water partition coefficient (Wildman–Crippen LogP) is 2.33. The van der Waals surface area contributed by atoms with Crippen molar-refractivity contribution in [1.82, 2.24) is 0 Å². The normalized spacial score (nSPS) is 14.0. The molecule has 0 N–H and O–H groups in total. The molecule has 0 radical (unpaired) electrons. The second-order valence-electron chi connectivity index (χ2n) is 3.21. The topological polar surface area (TPSA) is 53.2 Å². The first-order valence-electron chi connectivity index (χ1n) is 3.43. The Morgan fingerprint density at radius 2 is 2.08 bits per heavy atom.